The van der Waals surface area contributed by atoms with E-state index >= 15 is 0 Å². The third-order valence-corrected chi connectivity index (χ3v) is 3.76. The fourth-order valence-corrected chi connectivity index (χ4v) is 2.56. The van der Waals surface area contributed by atoms with Crippen molar-refractivity contribution in [1.29, 1.82) is 0 Å². The molecule has 2 rings (SSSR count). The van der Waals surface area contributed by atoms with Crippen LogP contribution in [0.1, 0.15) is 26.7 Å². The summed E-state index contributed by atoms with van der Waals surface area (Å²) < 4.78 is 0. The maximum absolute atomic E-state index is 5.75. The lowest BCUT2D eigenvalue weighted by Crippen LogP contribution is -2.51. The molecule has 4 heteroatoms. The molecule has 0 atom stereocenters. The second-order valence-corrected chi connectivity index (χ2v) is 5.08. The van der Waals surface area contributed by atoms with Gasteiger partial charge >= 0.3 is 0 Å². The summed E-state index contributed by atoms with van der Waals surface area (Å²) in [6.45, 7) is 12.2. The minimum absolute atomic E-state index is 0.922. The zero-order chi connectivity index (χ0) is 12.7. The van der Waals surface area contributed by atoms with Gasteiger partial charge in [0.2, 0.25) is 0 Å². The molecule has 17 heavy (non-hydrogen) atoms. The lowest BCUT2D eigenvalue weighted by molar-refractivity contribution is 0.100. The smallest absolute Gasteiger partial charge is 0.0257 e. The highest BCUT2D eigenvalue weighted by Gasteiger charge is 2.21. The molecule has 0 unspecified atom stereocenters. The standard InChI is InChI=1S/C11H24N4.C2H6/c1-13-4-2-11(3-5-13)10-14-6-8-15(12)9-7-14;1-2/h11H,2-10,12H2,1H3;1-2H3. The van der Waals surface area contributed by atoms with Crippen molar-refractivity contribution in [2.75, 3.05) is 52.9 Å². The van der Waals surface area contributed by atoms with Crippen LogP contribution >= 0.6 is 0 Å². The van der Waals surface area contributed by atoms with Crippen LogP contribution in [0.5, 0.6) is 0 Å². The fourth-order valence-electron chi connectivity index (χ4n) is 2.56. The Kier molecular flexibility index (Phi) is 7.04. The molecule has 0 aromatic heterocycles. The molecule has 0 aromatic rings. The maximum atomic E-state index is 5.75. The third kappa shape index (κ3) is 5.34. The predicted octanol–water partition coefficient (Wildman–Crippen LogP) is 0.846. The van der Waals surface area contributed by atoms with Crippen LogP contribution in [0.4, 0.5) is 0 Å². The van der Waals surface area contributed by atoms with E-state index in [4.69, 9.17) is 5.84 Å². The molecule has 2 heterocycles. The lowest BCUT2D eigenvalue weighted by atomic mass is 9.96. The Labute approximate surface area is 107 Å². The minimum Gasteiger partial charge on any atom is -0.306 e. The van der Waals surface area contributed by atoms with E-state index in [0.29, 0.717) is 0 Å². The Hall–Kier alpha value is -0.160. The van der Waals surface area contributed by atoms with Crippen LogP contribution in [0, 0.1) is 5.92 Å². The van der Waals surface area contributed by atoms with Crippen LogP contribution in [0.25, 0.3) is 0 Å². The van der Waals surface area contributed by atoms with E-state index < -0.39 is 0 Å². The van der Waals surface area contributed by atoms with Gasteiger partial charge in [-0.25, -0.2) is 5.01 Å². The highest BCUT2D eigenvalue weighted by Crippen LogP contribution is 2.17. The van der Waals surface area contributed by atoms with Gasteiger partial charge in [0.25, 0.3) is 0 Å². The van der Waals surface area contributed by atoms with Gasteiger partial charge in [-0.1, -0.05) is 13.8 Å². The van der Waals surface area contributed by atoms with Crippen molar-refractivity contribution < 1.29 is 0 Å². The quantitative estimate of drug-likeness (QED) is 0.728. The topological polar surface area (TPSA) is 35.7 Å². The summed E-state index contributed by atoms with van der Waals surface area (Å²) in [5.74, 6) is 6.67. The summed E-state index contributed by atoms with van der Waals surface area (Å²) in [5.41, 5.74) is 0. The number of hydrazine groups is 1. The average molecular weight is 242 g/mol. The highest BCUT2D eigenvalue weighted by molar-refractivity contribution is 4.76. The number of hydrogen-bond donors (Lipinski definition) is 1. The summed E-state index contributed by atoms with van der Waals surface area (Å²) in [5, 5.41) is 1.94. The summed E-state index contributed by atoms with van der Waals surface area (Å²) in [6, 6.07) is 0. The number of nitrogens with zero attached hydrogens (tertiary/aromatic N) is 3. The molecule has 102 valence electrons. The molecular formula is C13H30N4. The molecular weight excluding hydrogens is 212 g/mol. The van der Waals surface area contributed by atoms with E-state index in [1.807, 2.05) is 18.9 Å². The first kappa shape index (κ1) is 14.9. The van der Waals surface area contributed by atoms with Crippen molar-refractivity contribution >= 4 is 0 Å². The van der Waals surface area contributed by atoms with Crippen LogP contribution in [0.15, 0.2) is 0 Å². The highest BCUT2D eigenvalue weighted by atomic mass is 15.4. The molecule has 2 fully saturated rings. The van der Waals surface area contributed by atoms with Crippen molar-refractivity contribution in [2.24, 2.45) is 11.8 Å². The average Bonchev–Trinajstić information content (AvgIpc) is 2.37. The third-order valence-electron chi connectivity index (χ3n) is 3.76. The normalized spacial score (nSPS) is 25.4. The Balaban J connectivity index is 0.000000686. The van der Waals surface area contributed by atoms with Crippen molar-refractivity contribution in [3.05, 3.63) is 0 Å². The Morgan fingerprint density at radius 3 is 2.00 bits per heavy atom. The molecule has 0 radical (unpaired) electrons. The Morgan fingerprint density at radius 2 is 1.47 bits per heavy atom. The summed E-state index contributed by atoms with van der Waals surface area (Å²) in [4.78, 5) is 5.02. The van der Waals surface area contributed by atoms with Gasteiger partial charge in [0.1, 0.15) is 0 Å². The van der Waals surface area contributed by atoms with E-state index in [-0.39, 0.29) is 0 Å². The molecule has 2 aliphatic rings. The van der Waals surface area contributed by atoms with Gasteiger partial charge in [-0.2, -0.15) is 0 Å². The molecule has 2 N–H and O–H groups in total. The molecule has 0 bridgehead atoms. The molecule has 2 saturated heterocycles. The van der Waals surface area contributed by atoms with Crippen molar-refractivity contribution in [1.82, 2.24) is 14.8 Å². The molecule has 0 amide bonds. The zero-order valence-corrected chi connectivity index (χ0v) is 11.9. The molecule has 0 aliphatic carbocycles. The number of piperidine rings is 1. The molecule has 0 saturated carbocycles. The van der Waals surface area contributed by atoms with Gasteiger partial charge in [-0.05, 0) is 38.9 Å². The second kappa shape index (κ2) is 8.03. The van der Waals surface area contributed by atoms with Crippen LogP contribution in [-0.4, -0.2) is 67.7 Å². The Bertz CT molecular complexity index is 162. The first-order valence-corrected chi connectivity index (χ1v) is 7.14. The fraction of sp³-hybridized carbons (Fsp3) is 1.00. The number of likely N-dealkylation sites (tertiary alicyclic amines) is 1. The van der Waals surface area contributed by atoms with Crippen molar-refractivity contribution in [3.63, 3.8) is 0 Å². The molecule has 2 aliphatic heterocycles. The van der Waals surface area contributed by atoms with Crippen LogP contribution in [0.3, 0.4) is 0 Å². The summed E-state index contributed by atoms with van der Waals surface area (Å²) in [6.07, 6.45) is 2.75. The van der Waals surface area contributed by atoms with Crippen LogP contribution < -0.4 is 5.84 Å². The molecule has 4 nitrogen and oxygen atoms in total. The number of piperazine rings is 1. The number of hydrogen-bond acceptors (Lipinski definition) is 4. The Morgan fingerprint density at radius 1 is 0.941 bits per heavy atom. The van der Waals surface area contributed by atoms with E-state index in [0.717, 1.165) is 32.1 Å². The first-order chi connectivity index (χ1) is 8.24. The van der Waals surface area contributed by atoms with Crippen molar-refractivity contribution in [2.45, 2.75) is 26.7 Å². The van der Waals surface area contributed by atoms with E-state index in [1.165, 1.54) is 32.5 Å². The van der Waals surface area contributed by atoms with Crippen LogP contribution in [-0.2, 0) is 0 Å². The molecule has 0 aromatic carbocycles. The minimum atomic E-state index is 0.922. The largest absolute Gasteiger partial charge is 0.306 e. The van der Waals surface area contributed by atoms with Crippen molar-refractivity contribution in [3.8, 4) is 0 Å². The van der Waals surface area contributed by atoms with Gasteiger partial charge < -0.3 is 9.80 Å². The lowest BCUT2D eigenvalue weighted by Gasteiger charge is -2.36. The summed E-state index contributed by atoms with van der Waals surface area (Å²) in [7, 11) is 2.23. The molecule has 0 spiro atoms. The second-order valence-electron chi connectivity index (χ2n) is 5.08. The van der Waals surface area contributed by atoms with E-state index in [2.05, 4.69) is 16.8 Å². The maximum Gasteiger partial charge on any atom is 0.0257 e. The summed E-state index contributed by atoms with van der Waals surface area (Å²) >= 11 is 0. The first-order valence-electron chi connectivity index (χ1n) is 7.14. The van der Waals surface area contributed by atoms with Gasteiger partial charge in [0, 0.05) is 32.7 Å². The van der Waals surface area contributed by atoms with E-state index in [1.54, 1.807) is 0 Å². The van der Waals surface area contributed by atoms with Gasteiger partial charge in [-0.3, -0.25) is 5.84 Å². The number of nitrogens with two attached hydrogens (primary N) is 1. The van der Waals surface area contributed by atoms with Gasteiger partial charge in [0.15, 0.2) is 0 Å². The monoisotopic (exact) mass is 242 g/mol. The zero-order valence-electron chi connectivity index (χ0n) is 11.9. The van der Waals surface area contributed by atoms with Gasteiger partial charge in [0.05, 0.1) is 0 Å². The van der Waals surface area contributed by atoms with Crippen LogP contribution in [0.2, 0.25) is 0 Å². The SMILES string of the molecule is CC.CN1CCC(CN2CCN(N)CC2)CC1. The predicted molar refractivity (Wildman–Crippen MR) is 73.8 cm³/mol. The van der Waals surface area contributed by atoms with E-state index in [9.17, 15) is 0 Å². The van der Waals surface area contributed by atoms with Gasteiger partial charge in [-0.15, -0.1) is 0 Å². The number of rotatable bonds is 2.